The SMILES string of the molecule is CCCCCCCCCCCCC(C(=O)N(C)C[C@H](O)[C@@H](O)[C@H](O)[C@H](O)CO)C(=O)N(C)C[C@H](O)[C@@H](O)[C@H](O)[C@H](O)CO. The first kappa shape index (κ1) is 41.5. The van der Waals surface area contributed by atoms with Gasteiger partial charge in [-0.3, -0.25) is 9.59 Å². The summed E-state index contributed by atoms with van der Waals surface area (Å²) in [5.74, 6) is -2.66. The van der Waals surface area contributed by atoms with Gasteiger partial charge in [-0.2, -0.15) is 0 Å². The Morgan fingerprint density at radius 3 is 1.14 bits per heavy atom. The normalized spacial score (nSPS) is 17.5. The topological polar surface area (TPSA) is 243 Å². The Labute approximate surface area is 255 Å². The van der Waals surface area contributed by atoms with Gasteiger partial charge >= 0.3 is 0 Å². The average molecular weight is 627 g/mol. The van der Waals surface area contributed by atoms with Crippen LogP contribution in [0, 0.1) is 5.92 Å². The van der Waals surface area contributed by atoms with Gasteiger partial charge < -0.3 is 60.9 Å². The number of aliphatic hydroxyl groups excluding tert-OH is 10. The highest BCUT2D eigenvalue weighted by Gasteiger charge is 2.37. The number of hydrogen-bond acceptors (Lipinski definition) is 12. The number of unbranched alkanes of at least 4 members (excludes halogenated alkanes) is 9. The molecule has 256 valence electrons. The minimum absolute atomic E-state index is 0.137. The highest BCUT2D eigenvalue weighted by atomic mass is 16.4. The van der Waals surface area contributed by atoms with Crippen LogP contribution in [0.15, 0.2) is 0 Å². The summed E-state index contributed by atoms with van der Waals surface area (Å²) in [4.78, 5) is 28.8. The molecule has 0 aromatic carbocycles. The van der Waals surface area contributed by atoms with Crippen molar-refractivity contribution in [1.29, 1.82) is 0 Å². The van der Waals surface area contributed by atoms with Gasteiger partial charge in [-0.25, -0.2) is 0 Å². The molecule has 0 aromatic heterocycles. The maximum Gasteiger partial charge on any atom is 0.234 e. The molecule has 0 aliphatic carbocycles. The molecule has 0 unspecified atom stereocenters. The van der Waals surface area contributed by atoms with E-state index in [4.69, 9.17) is 10.2 Å². The zero-order valence-electron chi connectivity index (χ0n) is 26.0. The highest BCUT2D eigenvalue weighted by Crippen LogP contribution is 2.19. The summed E-state index contributed by atoms with van der Waals surface area (Å²) >= 11 is 0. The lowest BCUT2D eigenvalue weighted by atomic mass is 9.96. The van der Waals surface area contributed by atoms with E-state index in [0.29, 0.717) is 6.42 Å². The second kappa shape index (κ2) is 23.0. The predicted molar refractivity (Wildman–Crippen MR) is 157 cm³/mol. The molecule has 0 radical (unpaired) electrons. The first-order chi connectivity index (χ1) is 20.2. The van der Waals surface area contributed by atoms with E-state index in [1.54, 1.807) is 0 Å². The number of hydrogen-bond donors (Lipinski definition) is 10. The summed E-state index contributed by atoms with van der Waals surface area (Å²) in [6.07, 6.45) is -3.96. The molecule has 14 nitrogen and oxygen atoms in total. The fourth-order valence-corrected chi connectivity index (χ4v) is 4.80. The number of amides is 2. The van der Waals surface area contributed by atoms with Crippen molar-refractivity contribution in [2.24, 2.45) is 5.92 Å². The Balaban J connectivity index is 5.38. The van der Waals surface area contributed by atoms with Gasteiger partial charge in [0.25, 0.3) is 0 Å². The Hall–Kier alpha value is -1.46. The van der Waals surface area contributed by atoms with Crippen LogP contribution in [0.4, 0.5) is 0 Å². The van der Waals surface area contributed by atoms with E-state index < -0.39 is 92.9 Å². The molecular formula is C29H58N2O12. The monoisotopic (exact) mass is 626 g/mol. The zero-order chi connectivity index (χ0) is 33.1. The maximum atomic E-state index is 13.4. The largest absolute Gasteiger partial charge is 0.394 e. The van der Waals surface area contributed by atoms with Crippen molar-refractivity contribution in [2.45, 2.75) is 126 Å². The van der Waals surface area contributed by atoms with Crippen molar-refractivity contribution < 1.29 is 60.7 Å². The van der Waals surface area contributed by atoms with Gasteiger partial charge in [0.1, 0.15) is 54.7 Å². The van der Waals surface area contributed by atoms with Crippen molar-refractivity contribution in [3.05, 3.63) is 0 Å². The Kier molecular flexibility index (Phi) is 22.2. The van der Waals surface area contributed by atoms with Gasteiger partial charge in [-0.1, -0.05) is 71.1 Å². The fourth-order valence-electron chi connectivity index (χ4n) is 4.80. The van der Waals surface area contributed by atoms with Crippen molar-refractivity contribution in [2.75, 3.05) is 40.4 Å². The first-order valence-electron chi connectivity index (χ1n) is 15.4. The van der Waals surface area contributed by atoms with Crippen LogP contribution in [0.25, 0.3) is 0 Å². The van der Waals surface area contributed by atoms with Crippen LogP contribution in [-0.2, 0) is 9.59 Å². The molecule has 43 heavy (non-hydrogen) atoms. The predicted octanol–water partition coefficient (Wildman–Crippen LogP) is -2.30. The number of likely N-dealkylation sites (N-methyl/N-ethyl adjacent to an activating group) is 2. The molecule has 0 saturated carbocycles. The number of rotatable bonds is 25. The maximum absolute atomic E-state index is 13.4. The molecule has 0 rings (SSSR count). The van der Waals surface area contributed by atoms with Gasteiger partial charge in [0.15, 0.2) is 0 Å². The molecule has 10 N–H and O–H groups in total. The van der Waals surface area contributed by atoms with Gasteiger partial charge in [0, 0.05) is 27.2 Å². The molecular weight excluding hydrogens is 568 g/mol. The molecule has 0 aromatic rings. The van der Waals surface area contributed by atoms with Crippen LogP contribution >= 0.6 is 0 Å². The summed E-state index contributed by atoms with van der Waals surface area (Å²) < 4.78 is 0. The van der Waals surface area contributed by atoms with E-state index in [-0.39, 0.29) is 6.42 Å². The standard InChI is InChI=1S/C29H58N2O12/c1-4-5-6-7-8-9-10-11-12-13-14-19(28(42)30(2)15-20(34)24(38)26(40)22(36)17-32)29(43)31(3)16-21(35)25(39)27(41)23(37)18-33/h19-27,32-41H,4-18H2,1-3H3/t20-,21-,22+,23+,24+,25+,26+,27+/m0/s1. The summed E-state index contributed by atoms with van der Waals surface area (Å²) in [5, 5.41) is 97.7. The third-order valence-corrected chi connectivity index (χ3v) is 7.77. The van der Waals surface area contributed by atoms with Crippen LogP contribution < -0.4 is 0 Å². The second-order valence-electron chi connectivity index (χ2n) is 11.6. The van der Waals surface area contributed by atoms with E-state index in [2.05, 4.69) is 6.92 Å². The Bertz CT molecular complexity index is 700. The number of carbonyl (C=O) groups excluding carboxylic acids is 2. The van der Waals surface area contributed by atoms with Crippen LogP contribution in [0.2, 0.25) is 0 Å². The number of nitrogens with zero attached hydrogens (tertiary/aromatic N) is 2. The number of carbonyl (C=O) groups is 2. The second-order valence-corrected chi connectivity index (χ2v) is 11.6. The van der Waals surface area contributed by atoms with E-state index in [1.165, 1.54) is 39.8 Å². The molecule has 0 spiro atoms. The Morgan fingerprint density at radius 1 is 0.512 bits per heavy atom. The lowest BCUT2D eigenvalue weighted by Crippen LogP contribution is -2.53. The molecule has 14 heteroatoms. The highest BCUT2D eigenvalue weighted by molar-refractivity contribution is 6.00. The first-order valence-corrected chi connectivity index (χ1v) is 15.4. The summed E-state index contributed by atoms with van der Waals surface area (Å²) in [5.41, 5.74) is 0. The minimum Gasteiger partial charge on any atom is -0.394 e. The van der Waals surface area contributed by atoms with Crippen molar-refractivity contribution in [3.63, 3.8) is 0 Å². The Morgan fingerprint density at radius 2 is 0.814 bits per heavy atom. The molecule has 8 atom stereocenters. The van der Waals surface area contributed by atoms with E-state index >= 15 is 0 Å². The van der Waals surface area contributed by atoms with Crippen LogP contribution in [0.3, 0.4) is 0 Å². The molecule has 0 aliphatic heterocycles. The summed E-state index contributed by atoms with van der Waals surface area (Å²) in [7, 11) is 2.58. The van der Waals surface area contributed by atoms with Crippen molar-refractivity contribution >= 4 is 11.8 Å². The zero-order valence-corrected chi connectivity index (χ0v) is 26.0. The van der Waals surface area contributed by atoms with Gasteiger partial charge in [-0.15, -0.1) is 0 Å². The van der Waals surface area contributed by atoms with Gasteiger partial charge in [0.05, 0.1) is 13.2 Å². The average Bonchev–Trinajstić information content (AvgIpc) is 3.00. The van der Waals surface area contributed by atoms with Gasteiger partial charge in [0.2, 0.25) is 11.8 Å². The van der Waals surface area contributed by atoms with Crippen molar-refractivity contribution in [3.8, 4) is 0 Å². The minimum atomic E-state index is -1.89. The molecule has 0 aliphatic rings. The number of aliphatic hydroxyl groups is 10. The molecule has 0 heterocycles. The smallest absolute Gasteiger partial charge is 0.234 e. The van der Waals surface area contributed by atoms with Crippen molar-refractivity contribution in [1.82, 2.24) is 9.80 Å². The van der Waals surface area contributed by atoms with E-state index in [9.17, 15) is 50.4 Å². The third-order valence-electron chi connectivity index (χ3n) is 7.77. The lowest BCUT2D eigenvalue weighted by molar-refractivity contribution is -0.152. The molecule has 0 bridgehead atoms. The van der Waals surface area contributed by atoms with Crippen LogP contribution in [0.5, 0.6) is 0 Å². The fraction of sp³-hybridized carbons (Fsp3) is 0.931. The van der Waals surface area contributed by atoms with Gasteiger partial charge in [-0.05, 0) is 6.42 Å². The van der Waals surface area contributed by atoms with Crippen LogP contribution in [0.1, 0.15) is 77.6 Å². The van der Waals surface area contributed by atoms with E-state index in [0.717, 1.165) is 41.9 Å². The molecule has 0 saturated heterocycles. The molecule has 0 fully saturated rings. The summed E-state index contributed by atoms with van der Waals surface area (Å²) in [6.45, 7) is -0.574. The third kappa shape index (κ3) is 15.4. The quantitative estimate of drug-likeness (QED) is 0.0380. The van der Waals surface area contributed by atoms with Crippen LogP contribution in [-0.4, -0.2) is 162 Å². The molecule has 2 amide bonds. The van der Waals surface area contributed by atoms with E-state index in [1.807, 2.05) is 0 Å². The lowest BCUT2D eigenvalue weighted by Gasteiger charge is -2.32. The summed E-state index contributed by atoms with van der Waals surface area (Å²) in [6, 6.07) is 0.